The lowest BCUT2D eigenvalue weighted by atomic mass is 9.85. The molecule has 0 radical (unpaired) electrons. The zero-order valence-corrected chi connectivity index (χ0v) is 8.42. The Morgan fingerprint density at radius 2 is 1.76 bits per heavy atom. The van der Waals surface area contributed by atoms with Gasteiger partial charge in [0.15, 0.2) is 0 Å². The predicted octanol–water partition coefficient (Wildman–Crippen LogP) is 2.09. The second-order valence-electron chi connectivity index (χ2n) is 4.82. The molecule has 96 valence electrons. The summed E-state index contributed by atoms with van der Waals surface area (Å²) in [5.41, 5.74) is 0. The average Bonchev–Trinajstić information content (AvgIpc) is 2.78. The van der Waals surface area contributed by atoms with E-state index in [1.54, 1.807) is 6.08 Å². The van der Waals surface area contributed by atoms with E-state index in [-0.39, 0.29) is 0 Å². The molecule has 0 spiro atoms. The van der Waals surface area contributed by atoms with Crippen molar-refractivity contribution in [2.75, 3.05) is 0 Å². The van der Waals surface area contributed by atoms with Crippen LogP contribution in [0.2, 0.25) is 0 Å². The maximum Gasteiger partial charge on any atom is 0.449 e. The second kappa shape index (κ2) is 2.83. The Kier molecular flexibility index (Phi) is 1.90. The molecule has 1 saturated heterocycles. The molecule has 5 unspecified atom stereocenters. The first-order valence-electron chi connectivity index (χ1n) is 5.21. The van der Waals surface area contributed by atoms with Crippen molar-refractivity contribution in [3.05, 3.63) is 12.2 Å². The van der Waals surface area contributed by atoms with Gasteiger partial charge >= 0.3 is 17.9 Å². The Hall–Kier alpha value is -0.690. The zero-order chi connectivity index (χ0) is 12.6. The zero-order valence-electron chi connectivity index (χ0n) is 8.42. The molecular formula is C10H9F5O2. The molecule has 0 aromatic heterocycles. The number of rotatable bonds is 0. The molecule has 1 N–H and O–H groups in total. The molecular weight excluding hydrogens is 247 g/mol. The van der Waals surface area contributed by atoms with Gasteiger partial charge in [-0.15, -0.1) is 0 Å². The summed E-state index contributed by atoms with van der Waals surface area (Å²) >= 11 is 0. The van der Waals surface area contributed by atoms with E-state index in [0.29, 0.717) is 6.42 Å². The number of hydrogen-bond donors (Lipinski definition) is 1. The summed E-state index contributed by atoms with van der Waals surface area (Å²) in [6.07, 6.45) is -3.29. The van der Waals surface area contributed by atoms with Gasteiger partial charge in [0.25, 0.3) is 0 Å². The highest BCUT2D eigenvalue weighted by molar-refractivity contribution is 5.22. The molecule has 7 heteroatoms. The van der Waals surface area contributed by atoms with Gasteiger partial charge in [-0.3, -0.25) is 0 Å². The van der Waals surface area contributed by atoms with Gasteiger partial charge in [-0.05, 0) is 12.3 Å². The van der Waals surface area contributed by atoms with Crippen molar-refractivity contribution in [2.24, 2.45) is 17.8 Å². The Bertz CT molecular complexity index is 391. The van der Waals surface area contributed by atoms with E-state index in [4.69, 9.17) is 0 Å². The highest BCUT2D eigenvalue weighted by Gasteiger charge is 2.82. The number of fused-ring (bicyclic) bond motifs is 5. The Balaban J connectivity index is 2.04. The quantitative estimate of drug-likeness (QED) is 0.531. The molecule has 2 aliphatic carbocycles. The first kappa shape index (κ1) is 11.4. The molecule has 3 aliphatic rings. The molecule has 1 heterocycles. The standard InChI is InChI=1S/C10H9F5O2/c11-8(12)6-4-1-2-5(3-4)7(6)17-9(8,16)10(13,14)15/h1-2,4-7,16H,3H2. The van der Waals surface area contributed by atoms with E-state index in [0.717, 1.165) is 0 Å². The second-order valence-corrected chi connectivity index (χ2v) is 4.82. The van der Waals surface area contributed by atoms with E-state index < -0.39 is 41.7 Å². The van der Waals surface area contributed by atoms with Crippen LogP contribution in [0.3, 0.4) is 0 Å². The molecule has 0 amide bonds. The molecule has 1 saturated carbocycles. The number of alkyl halides is 5. The molecule has 5 atom stereocenters. The summed E-state index contributed by atoms with van der Waals surface area (Å²) in [6, 6.07) is 0. The van der Waals surface area contributed by atoms with Gasteiger partial charge in [-0.1, -0.05) is 12.2 Å². The number of aliphatic hydroxyl groups is 1. The van der Waals surface area contributed by atoms with Crippen molar-refractivity contribution < 1.29 is 31.8 Å². The van der Waals surface area contributed by atoms with E-state index in [1.807, 2.05) is 0 Å². The van der Waals surface area contributed by atoms with E-state index >= 15 is 0 Å². The van der Waals surface area contributed by atoms with Crippen molar-refractivity contribution in [1.82, 2.24) is 0 Å². The summed E-state index contributed by atoms with van der Waals surface area (Å²) in [4.78, 5) is 0. The lowest BCUT2D eigenvalue weighted by Crippen LogP contribution is -2.58. The van der Waals surface area contributed by atoms with Gasteiger partial charge in [0.2, 0.25) is 0 Å². The smallest absolute Gasteiger partial charge is 0.354 e. The molecule has 1 aliphatic heterocycles. The SMILES string of the molecule is OC1(C(F)(F)F)OC2C3C=CC(C3)C2C1(F)F. The Morgan fingerprint density at radius 1 is 1.18 bits per heavy atom. The van der Waals surface area contributed by atoms with E-state index in [2.05, 4.69) is 4.74 Å². The fourth-order valence-corrected chi connectivity index (χ4v) is 3.17. The molecule has 17 heavy (non-hydrogen) atoms. The van der Waals surface area contributed by atoms with Crippen molar-refractivity contribution in [3.63, 3.8) is 0 Å². The van der Waals surface area contributed by atoms with Gasteiger partial charge in [-0.2, -0.15) is 22.0 Å². The number of hydrogen-bond acceptors (Lipinski definition) is 2. The minimum atomic E-state index is -5.50. The Labute approximate surface area is 93.1 Å². The number of halogens is 5. The molecule has 2 bridgehead atoms. The number of allylic oxidation sites excluding steroid dienone is 1. The largest absolute Gasteiger partial charge is 0.449 e. The van der Waals surface area contributed by atoms with Crippen LogP contribution in [0, 0.1) is 17.8 Å². The van der Waals surface area contributed by atoms with Crippen LogP contribution in [0.1, 0.15) is 6.42 Å². The summed E-state index contributed by atoms with van der Waals surface area (Å²) in [5, 5.41) is 9.20. The van der Waals surface area contributed by atoms with Crippen LogP contribution in [0.5, 0.6) is 0 Å². The fourth-order valence-electron chi connectivity index (χ4n) is 3.17. The van der Waals surface area contributed by atoms with Crippen LogP contribution in [-0.2, 0) is 4.74 Å². The average molecular weight is 256 g/mol. The van der Waals surface area contributed by atoms with Crippen LogP contribution < -0.4 is 0 Å². The van der Waals surface area contributed by atoms with Crippen molar-refractivity contribution in [1.29, 1.82) is 0 Å². The summed E-state index contributed by atoms with van der Waals surface area (Å²) in [7, 11) is 0. The minimum Gasteiger partial charge on any atom is -0.354 e. The van der Waals surface area contributed by atoms with Crippen LogP contribution in [0.25, 0.3) is 0 Å². The van der Waals surface area contributed by atoms with Gasteiger partial charge in [0.05, 0.1) is 12.0 Å². The third-order valence-corrected chi connectivity index (χ3v) is 3.95. The van der Waals surface area contributed by atoms with Crippen LogP contribution in [0.4, 0.5) is 22.0 Å². The summed E-state index contributed by atoms with van der Waals surface area (Å²) in [5.74, 6) is -11.3. The normalized spacial score (nSPS) is 50.9. The van der Waals surface area contributed by atoms with Gasteiger partial charge in [0.1, 0.15) is 0 Å². The van der Waals surface area contributed by atoms with Gasteiger partial charge in [0, 0.05) is 5.92 Å². The van der Waals surface area contributed by atoms with Crippen molar-refractivity contribution >= 4 is 0 Å². The first-order valence-corrected chi connectivity index (χ1v) is 5.21. The number of ether oxygens (including phenoxy) is 1. The monoisotopic (exact) mass is 256 g/mol. The molecule has 3 rings (SSSR count). The van der Waals surface area contributed by atoms with E-state index in [9.17, 15) is 27.1 Å². The van der Waals surface area contributed by atoms with Crippen LogP contribution in [0.15, 0.2) is 12.2 Å². The van der Waals surface area contributed by atoms with Crippen LogP contribution >= 0.6 is 0 Å². The lowest BCUT2D eigenvalue weighted by molar-refractivity contribution is -0.410. The summed E-state index contributed by atoms with van der Waals surface area (Å²) in [6.45, 7) is 0. The fraction of sp³-hybridized carbons (Fsp3) is 0.800. The molecule has 0 aromatic carbocycles. The minimum absolute atomic E-state index is 0.374. The maximum atomic E-state index is 13.8. The van der Waals surface area contributed by atoms with Crippen molar-refractivity contribution in [2.45, 2.75) is 30.4 Å². The molecule has 2 nitrogen and oxygen atoms in total. The third-order valence-electron chi connectivity index (χ3n) is 3.95. The first-order chi connectivity index (χ1) is 7.68. The van der Waals surface area contributed by atoms with E-state index in [1.165, 1.54) is 6.08 Å². The third kappa shape index (κ3) is 1.12. The van der Waals surface area contributed by atoms with Gasteiger partial charge in [-0.25, -0.2) is 0 Å². The molecule has 2 fully saturated rings. The maximum absolute atomic E-state index is 13.8. The topological polar surface area (TPSA) is 29.5 Å². The van der Waals surface area contributed by atoms with Crippen molar-refractivity contribution in [3.8, 4) is 0 Å². The summed E-state index contributed by atoms with van der Waals surface area (Å²) < 4.78 is 69.5. The predicted molar refractivity (Wildman–Crippen MR) is 45.1 cm³/mol. The highest BCUT2D eigenvalue weighted by Crippen LogP contribution is 2.63. The molecule has 0 aromatic rings. The van der Waals surface area contributed by atoms with Gasteiger partial charge < -0.3 is 9.84 Å². The highest BCUT2D eigenvalue weighted by atomic mass is 19.4. The Morgan fingerprint density at radius 3 is 2.29 bits per heavy atom. The van der Waals surface area contributed by atoms with Crippen LogP contribution in [-0.4, -0.2) is 29.1 Å². The lowest BCUT2D eigenvalue weighted by Gasteiger charge is -2.32.